The molecule has 1 N–H and O–H groups in total. The van der Waals surface area contributed by atoms with Gasteiger partial charge in [-0.05, 0) is 0 Å². The lowest BCUT2D eigenvalue weighted by Crippen LogP contribution is -2.39. The Morgan fingerprint density at radius 3 is 3.22 bits per heavy atom. The van der Waals surface area contributed by atoms with E-state index in [0.29, 0.717) is 13.2 Å². The first-order valence-corrected chi connectivity index (χ1v) is 2.78. The highest BCUT2D eigenvalue weighted by molar-refractivity contribution is 5.38. The van der Waals surface area contributed by atoms with Crippen molar-refractivity contribution >= 4 is 6.47 Å². The van der Waals surface area contributed by atoms with E-state index in [1.807, 2.05) is 0 Å². The molecule has 1 aliphatic heterocycles. The summed E-state index contributed by atoms with van der Waals surface area (Å²) in [4.78, 5) is 9.62. The molecular formula is C5H8NO3. The third-order valence-corrected chi connectivity index (χ3v) is 1.07. The van der Waals surface area contributed by atoms with E-state index in [0.717, 1.165) is 6.54 Å². The summed E-state index contributed by atoms with van der Waals surface area (Å²) in [6.45, 7) is 3.29. The van der Waals surface area contributed by atoms with E-state index in [-0.39, 0.29) is 0 Å². The van der Waals surface area contributed by atoms with Crippen molar-refractivity contribution < 1.29 is 14.3 Å². The molecule has 0 saturated carbocycles. The van der Waals surface area contributed by atoms with Crippen LogP contribution < -0.4 is 5.32 Å². The fourth-order valence-electron chi connectivity index (χ4n) is 0.671. The minimum Gasteiger partial charge on any atom is -0.426 e. The predicted octanol–water partition coefficient (Wildman–Crippen LogP) is -0.984. The van der Waals surface area contributed by atoms with Gasteiger partial charge in [-0.25, -0.2) is 4.79 Å². The quantitative estimate of drug-likeness (QED) is 0.521. The first-order chi connectivity index (χ1) is 4.43. The molecule has 1 rings (SSSR count). The maximum absolute atomic E-state index is 9.62. The molecule has 0 aromatic rings. The fourth-order valence-corrected chi connectivity index (χ4v) is 0.671. The highest BCUT2D eigenvalue weighted by Gasteiger charge is 2.12. The highest BCUT2D eigenvalue weighted by Crippen LogP contribution is 1.94. The van der Waals surface area contributed by atoms with E-state index in [2.05, 4.69) is 10.1 Å². The summed E-state index contributed by atoms with van der Waals surface area (Å²) in [5.41, 5.74) is 0. The number of carbonyl (C=O) groups excluding carboxylic acids is 1. The molecule has 9 heavy (non-hydrogen) atoms. The van der Waals surface area contributed by atoms with Crippen LogP contribution in [0.15, 0.2) is 0 Å². The number of morpholine rings is 1. The van der Waals surface area contributed by atoms with Crippen molar-refractivity contribution in [2.24, 2.45) is 0 Å². The van der Waals surface area contributed by atoms with Crippen LogP contribution >= 0.6 is 0 Å². The van der Waals surface area contributed by atoms with E-state index in [9.17, 15) is 4.79 Å². The summed E-state index contributed by atoms with van der Waals surface area (Å²) < 4.78 is 9.36. The summed E-state index contributed by atoms with van der Waals surface area (Å²) in [6.07, 6.45) is -0.434. The highest BCUT2D eigenvalue weighted by atomic mass is 16.7. The Kier molecular flexibility index (Phi) is 2.48. The van der Waals surface area contributed by atoms with Crippen molar-refractivity contribution in [1.82, 2.24) is 5.32 Å². The lowest BCUT2D eigenvalue weighted by molar-refractivity contribution is -0.103. The van der Waals surface area contributed by atoms with E-state index < -0.39 is 6.29 Å². The van der Waals surface area contributed by atoms with Crippen LogP contribution in [0.1, 0.15) is 0 Å². The average molecular weight is 130 g/mol. The van der Waals surface area contributed by atoms with Crippen molar-refractivity contribution in [2.45, 2.75) is 6.29 Å². The van der Waals surface area contributed by atoms with Crippen molar-refractivity contribution in [1.29, 1.82) is 0 Å². The SMILES string of the molecule is O=[C]OC1CNCCO1. The fraction of sp³-hybridized carbons (Fsp3) is 0.800. The van der Waals surface area contributed by atoms with Crippen LogP contribution in [0.2, 0.25) is 0 Å². The van der Waals surface area contributed by atoms with Crippen LogP contribution in [0.3, 0.4) is 0 Å². The monoisotopic (exact) mass is 130 g/mol. The zero-order valence-electron chi connectivity index (χ0n) is 4.92. The van der Waals surface area contributed by atoms with Crippen LogP contribution in [0.5, 0.6) is 0 Å². The van der Waals surface area contributed by atoms with Crippen molar-refractivity contribution in [3.63, 3.8) is 0 Å². The molecule has 0 aliphatic carbocycles. The predicted molar refractivity (Wildman–Crippen MR) is 29.4 cm³/mol. The van der Waals surface area contributed by atoms with Crippen LogP contribution in [0.25, 0.3) is 0 Å². The van der Waals surface area contributed by atoms with Gasteiger partial charge < -0.3 is 14.8 Å². The Bertz CT molecular complexity index is 90.2. The third kappa shape index (κ3) is 1.99. The minimum absolute atomic E-state index is 0.434. The second-order valence-corrected chi connectivity index (χ2v) is 1.71. The van der Waals surface area contributed by atoms with Gasteiger partial charge in [-0.15, -0.1) is 0 Å². The lowest BCUT2D eigenvalue weighted by atomic mass is 10.5. The smallest absolute Gasteiger partial charge is 0.419 e. The Morgan fingerprint density at radius 2 is 2.67 bits per heavy atom. The van der Waals surface area contributed by atoms with Gasteiger partial charge in [0.25, 0.3) is 0 Å². The Labute approximate surface area is 53.1 Å². The van der Waals surface area contributed by atoms with E-state index in [1.54, 1.807) is 0 Å². The molecule has 0 aromatic heterocycles. The van der Waals surface area contributed by atoms with Gasteiger partial charge in [-0.3, -0.25) is 0 Å². The van der Waals surface area contributed by atoms with Crippen LogP contribution in [0.4, 0.5) is 0 Å². The first kappa shape index (κ1) is 6.51. The topological polar surface area (TPSA) is 47.6 Å². The van der Waals surface area contributed by atoms with Crippen LogP contribution in [-0.2, 0) is 14.3 Å². The molecule has 1 aliphatic rings. The lowest BCUT2D eigenvalue weighted by Gasteiger charge is -2.20. The van der Waals surface area contributed by atoms with Gasteiger partial charge >= 0.3 is 6.47 Å². The summed E-state index contributed by atoms with van der Waals surface area (Å²) in [5.74, 6) is 0. The molecule has 0 aromatic carbocycles. The Morgan fingerprint density at radius 1 is 1.78 bits per heavy atom. The molecule has 51 valence electrons. The van der Waals surface area contributed by atoms with Crippen molar-refractivity contribution in [2.75, 3.05) is 19.7 Å². The zero-order chi connectivity index (χ0) is 6.53. The van der Waals surface area contributed by atoms with E-state index >= 15 is 0 Å². The van der Waals surface area contributed by atoms with Gasteiger partial charge in [0.15, 0.2) is 0 Å². The molecule has 0 bridgehead atoms. The van der Waals surface area contributed by atoms with Gasteiger partial charge in [0.2, 0.25) is 6.29 Å². The van der Waals surface area contributed by atoms with E-state index in [4.69, 9.17) is 4.74 Å². The van der Waals surface area contributed by atoms with Gasteiger partial charge in [0.1, 0.15) is 0 Å². The molecule has 1 heterocycles. The molecule has 1 atom stereocenters. The first-order valence-electron chi connectivity index (χ1n) is 2.78. The summed E-state index contributed by atoms with van der Waals surface area (Å²) in [7, 11) is 0. The molecule has 1 saturated heterocycles. The summed E-state index contributed by atoms with van der Waals surface area (Å²) >= 11 is 0. The zero-order valence-corrected chi connectivity index (χ0v) is 4.92. The van der Waals surface area contributed by atoms with Gasteiger partial charge in [-0.2, -0.15) is 0 Å². The summed E-state index contributed by atoms with van der Waals surface area (Å²) in [6, 6.07) is 0. The number of ether oxygens (including phenoxy) is 2. The number of rotatable bonds is 2. The van der Waals surface area contributed by atoms with Crippen molar-refractivity contribution in [3.8, 4) is 0 Å². The molecule has 1 fully saturated rings. The molecule has 4 heteroatoms. The third-order valence-electron chi connectivity index (χ3n) is 1.07. The number of hydrogen-bond donors (Lipinski definition) is 1. The standard InChI is InChI=1S/C5H8NO3/c7-4-9-5-3-6-1-2-8-5/h5-6H,1-3H2. The normalized spacial score (nSPS) is 27.3. The summed E-state index contributed by atoms with van der Waals surface area (Å²) in [5, 5.41) is 2.99. The molecule has 1 radical (unpaired) electrons. The molecule has 0 spiro atoms. The molecule has 0 amide bonds. The average Bonchev–Trinajstić information content (AvgIpc) is 1.91. The molecule has 4 nitrogen and oxygen atoms in total. The maximum atomic E-state index is 9.62. The number of hydrogen-bond acceptors (Lipinski definition) is 4. The Hall–Kier alpha value is -0.610. The van der Waals surface area contributed by atoms with Crippen molar-refractivity contribution in [3.05, 3.63) is 0 Å². The molecular weight excluding hydrogens is 122 g/mol. The van der Waals surface area contributed by atoms with Crippen LogP contribution in [-0.4, -0.2) is 32.5 Å². The second-order valence-electron chi connectivity index (χ2n) is 1.71. The maximum Gasteiger partial charge on any atom is 0.419 e. The largest absolute Gasteiger partial charge is 0.426 e. The number of nitrogens with one attached hydrogen (secondary N) is 1. The van der Waals surface area contributed by atoms with Gasteiger partial charge in [0.05, 0.1) is 13.2 Å². The second kappa shape index (κ2) is 3.42. The van der Waals surface area contributed by atoms with Gasteiger partial charge in [0, 0.05) is 6.54 Å². The van der Waals surface area contributed by atoms with E-state index in [1.165, 1.54) is 6.47 Å². The Balaban J connectivity index is 2.15. The molecule has 1 unspecified atom stereocenters. The minimum atomic E-state index is -0.434. The van der Waals surface area contributed by atoms with Gasteiger partial charge in [-0.1, -0.05) is 0 Å². The van der Waals surface area contributed by atoms with Crippen LogP contribution in [0, 0.1) is 0 Å².